The zero-order valence-corrected chi connectivity index (χ0v) is 11.5. The zero-order valence-electron chi connectivity index (χ0n) is 11.5. The van der Waals surface area contributed by atoms with Gasteiger partial charge in [-0.05, 0) is 12.8 Å². The fraction of sp³-hybridized carbons (Fsp3) is 0.538. The molecule has 3 rings (SSSR count). The molecule has 7 heteroatoms. The van der Waals surface area contributed by atoms with Gasteiger partial charge in [-0.25, -0.2) is 9.97 Å². The van der Waals surface area contributed by atoms with E-state index in [0.29, 0.717) is 6.54 Å². The van der Waals surface area contributed by atoms with Crippen LogP contribution in [0.2, 0.25) is 0 Å². The van der Waals surface area contributed by atoms with Crippen molar-refractivity contribution in [2.45, 2.75) is 39.3 Å². The van der Waals surface area contributed by atoms with Gasteiger partial charge in [-0.15, -0.1) is 0 Å². The average Bonchev–Trinajstić information content (AvgIpc) is 3.09. The van der Waals surface area contributed by atoms with Gasteiger partial charge >= 0.3 is 0 Å². The lowest BCUT2D eigenvalue weighted by molar-refractivity contribution is -0.119. The van der Waals surface area contributed by atoms with E-state index in [4.69, 9.17) is 0 Å². The van der Waals surface area contributed by atoms with E-state index in [-0.39, 0.29) is 11.8 Å². The maximum Gasteiger partial charge on any atom is 0.230 e. The molecule has 0 spiro atoms. The van der Waals surface area contributed by atoms with E-state index in [1.54, 1.807) is 17.2 Å². The highest BCUT2D eigenvalue weighted by Crippen LogP contribution is 2.20. The van der Waals surface area contributed by atoms with Crippen molar-refractivity contribution in [2.75, 3.05) is 5.32 Å². The van der Waals surface area contributed by atoms with Gasteiger partial charge in [0.2, 0.25) is 5.91 Å². The van der Waals surface area contributed by atoms with Gasteiger partial charge in [0.25, 0.3) is 0 Å². The van der Waals surface area contributed by atoms with Gasteiger partial charge in [-0.1, -0.05) is 6.92 Å². The molecule has 106 valence electrons. The number of aryl methyl sites for hydroxylation is 1. The molecule has 3 heterocycles. The molecule has 0 saturated carbocycles. The Morgan fingerprint density at radius 3 is 3.20 bits per heavy atom. The Hall–Kier alpha value is -2.18. The van der Waals surface area contributed by atoms with Crippen molar-refractivity contribution in [3.8, 4) is 0 Å². The third-order valence-electron chi connectivity index (χ3n) is 3.60. The van der Waals surface area contributed by atoms with Crippen LogP contribution in [-0.2, 0) is 24.3 Å². The Labute approximate surface area is 117 Å². The summed E-state index contributed by atoms with van der Waals surface area (Å²) in [6.07, 6.45) is 8.14. The summed E-state index contributed by atoms with van der Waals surface area (Å²) in [7, 11) is 0. The summed E-state index contributed by atoms with van der Waals surface area (Å²) in [5.74, 6) is 1.67. The third kappa shape index (κ3) is 2.56. The summed E-state index contributed by atoms with van der Waals surface area (Å²) >= 11 is 0. The first-order valence-corrected chi connectivity index (χ1v) is 6.91. The summed E-state index contributed by atoms with van der Waals surface area (Å²) in [5.41, 5.74) is 0. The fourth-order valence-corrected chi connectivity index (χ4v) is 2.46. The van der Waals surface area contributed by atoms with Crippen molar-refractivity contribution >= 4 is 11.7 Å². The molecule has 1 N–H and O–H groups in total. The second-order valence-electron chi connectivity index (χ2n) is 5.18. The minimum absolute atomic E-state index is 0.0197. The van der Waals surface area contributed by atoms with Gasteiger partial charge in [0.15, 0.2) is 0 Å². The zero-order chi connectivity index (χ0) is 13.9. The van der Waals surface area contributed by atoms with Crippen LogP contribution in [0.1, 0.15) is 25.6 Å². The van der Waals surface area contributed by atoms with E-state index in [1.165, 1.54) is 12.7 Å². The minimum atomic E-state index is -0.175. The summed E-state index contributed by atoms with van der Waals surface area (Å²) in [5, 5.41) is 6.98. The third-order valence-corrected chi connectivity index (χ3v) is 3.60. The van der Waals surface area contributed by atoms with Crippen molar-refractivity contribution in [3.05, 3.63) is 24.7 Å². The van der Waals surface area contributed by atoms with E-state index in [1.807, 2.05) is 6.92 Å². The highest BCUT2D eigenvalue weighted by atomic mass is 16.2. The molecule has 1 atom stereocenters. The molecule has 0 aliphatic carbocycles. The maximum atomic E-state index is 12.2. The molecule has 0 saturated heterocycles. The van der Waals surface area contributed by atoms with Gasteiger partial charge < -0.3 is 9.88 Å². The smallest absolute Gasteiger partial charge is 0.230 e. The highest BCUT2D eigenvalue weighted by Gasteiger charge is 2.19. The van der Waals surface area contributed by atoms with Gasteiger partial charge in [-0.3, -0.25) is 9.48 Å². The van der Waals surface area contributed by atoms with Gasteiger partial charge in [0.05, 0.1) is 18.7 Å². The molecule has 0 radical (unpaired) electrons. The number of imidazole rings is 1. The van der Waals surface area contributed by atoms with E-state index < -0.39 is 0 Å². The number of carbonyl (C=O) groups is 1. The lowest BCUT2D eigenvalue weighted by Crippen LogP contribution is -2.26. The molecule has 1 aliphatic heterocycles. The molecule has 0 fully saturated rings. The SMILES string of the molecule is CC(Cn1cncn1)C(=O)Nc1cnc2n1CCCC2. The Balaban J connectivity index is 1.65. The lowest BCUT2D eigenvalue weighted by Gasteiger charge is -2.18. The number of nitrogens with zero attached hydrogens (tertiary/aromatic N) is 5. The Morgan fingerprint density at radius 1 is 1.50 bits per heavy atom. The van der Waals surface area contributed by atoms with E-state index in [2.05, 4.69) is 25.0 Å². The van der Waals surface area contributed by atoms with E-state index in [0.717, 1.165) is 31.0 Å². The van der Waals surface area contributed by atoms with Crippen molar-refractivity contribution in [1.82, 2.24) is 24.3 Å². The van der Waals surface area contributed by atoms with Crippen molar-refractivity contribution in [3.63, 3.8) is 0 Å². The van der Waals surface area contributed by atoms with Crippen LogP contribution in [-0.4, -0.2) is 30.2 Å². The maximum absolute atomic E-state index is 12.2. The normalized spacial score (nSPS) is 15.7. The monoisotopic (exact) mass is 274 g/mol. The number of hydrogen-bond donors (Lipinski definition) is 1. The van der Waals surface area contributed by atoms with E-state index >= 15 is 0 Å². The van der Waals surface area contributed by atoms with Crippen LogP contribution in [0.3, 0.4) is 0 Å². The molecule has 1 amide bonds. The summed E-state index contributed by atoms with van der Waals surface area (Å²) in [6.45, 7) is 3.33. The second kappa shape index (κ2) is 5.44. The quantitative estimate of drug-likeness (QED) is 0.905. The Bertz CT molecular complexity index is 588. The molecule has 0 aromatic carbocycles. The molecule has 2 aromatic heterocycles. The highest BCUT2D eigenvalue weighted by molar-refractivity contribution is 5.91. The van der Waals surface area contributed by atoms with Crippen molar-refractivity contribution < 1.29 is 4.79 Å². The van der Waals surface area contributed by atoms with Gasteiger partial charge in [-0.2, -0.15) is 5.10 Å². The lowest BCUT2D eigenvalue weighted by atomic mass is 10.1. The Kier molecular flexibility index (Phi) is 3.49. The minimum Gasteiger partial charge on any atom is -0.315 e. The van der Waals surface area contributed by atoms with Crippen LogP contribution in [0, 0.1) is 5.92 Å². The van der Waals surface area contributed by atoms with Crippen LogP contribution in [0.15, 0.2) is 18.9 Å². The second-order valence-corrected chi connectivity index (χ2v) is 5.18. The molecular weight excluding hydrogens is 256 g/mol. The predicted octanol–water partition coefficient (Wildman–Crippen LogP) is 1.09. The number of fused-ring (bicyclic) bond motifs is 1. The van der Waals surface area contributed by atoms with Crippen LogP contribution in [0.5, 0.6) is 0 Å². The first kappa shape index (κ1) is 12.8. The summed E-state index contributed by atoms with van der Waals surface area (Å²) in [4.78, 5) is 20.4. The average molecular weight is 274 g/mol. The van der Waals surface area contributed by atoms with Crippen LogP contribution >= 0.6 is 0 Å². The molecule has 7 nitrogen and oxygen atoms in total. The first-order valence-electron chi connectivity index (χ1n) is 6.91. The number of rotatable bonds is 4. The Morgan fingerprint density at radius 2 is 2.40 bits per heavy atom. The number of hydrogen-bond acceptors (Lipinski definition) is 4. The predicted molar refractivity (Wildman–Crippen MR) is 73.0 cm³/mol. The summed E-state index contributed by atoms with van der Waals surface area (Å²) < 4.78 is 3.76. The number of nitrogens with one attached hydrogen (secondary N) is 1. The largest absolute Gasteiger partial charge is 0.315 e. The number of anilines is 1. The van der Waals surface area contributed by atoms with Crippen molar-refractivity contribution in [2.24, 2.45) is 5.92 Å². The molecule has 2 aromatic rings. The number of carbonyl (C=O) groups excluding carboxylic acids is 1. The molecular formula is C13H18N6O. The number of amides is 1. The molecule has 1 unspecified atom stereocenters. The molecule has 20 heavy (non-hydrogen) atoms. The number of aromatic nitrogens is 5. The molecule has 0 bridgehead atoms. The van der Waals surface area contributed by atoms with Gasteiger partial charge in [0.1, 0.15) is 24.3 Å². The fourth-order valence-electron chi connectivity index (χ4n) is 2.46. The standard InChI is InChI=1S/C13H18N6O/c1-10(7-18-9-14-8-16-18)13(20)17-12-6-15-11-4-2-3-5-19(11)12/h6,8-10H,2-5,7H2,1H3,(H,17,20). The van der Waals surface area contributed by atoms with Crippen molar-refractivity contribution in [1.29, 1.82) is 0 Å². The van der Waals surface area contributed by atoms with Gasteiger partial charge in [0, 0.05) is 13.0 Å². The van der Waals surface area contributed by atoms with Crippen LogP contribution in [0.25, 0.3) is 0 Å². The van der Waals surface area contributed by atoms with Crippen LogP contribution < -0.4 is 5.32 Å². The van der Waals surface area contributed by atoms with E-state index in [9.17, 15) is 4.79 Å². The van der Waals surface area contributed by atoms with Crippen LogP contribution in [0.4, 0.5) is 5.82 Å². The summed E-state index contributed by atoms with van der Waals surface area (Å²) in [6, 6.07) is 0. The molecule has 1 aliphatic rings. The topological polar surface area (TPSA) is 77.6 Å². The first-order chi connectivity index (χ1) is 9.74.